The highest BCUT2D eigenvalue weighted by molar-refractivity contribution is 6.31. The molecule has 1 unspecified atom stereocenters. The van der Waals surface area contributed by atoms with E-state index in [1.165, 1.54) is 24.2 Å². The number of halogens is 2. The Hall–Kier alpha value is -2.48. The van der Waals surface area contributed by atoms with Crippen molar-refractivity contribution in [2.75, 3.05) is 16.8 Å². The molecule has 4 amide bonds. The first-order chi connectivity index (χ1) is 16.7. The average Bonchev–Trinajstić information content (AvgIpc) is 3.02. The molecule has 1 aliphatic rings. The number of benzene rings is 2. The lowest BCUT2D eigenvalue weighted by Gasteiger charge is -2.38. The van der Waals surface area contributed by atoms with Crippen molar-refractivity contribution < 1.29 is 14.8 Å². The SMILES string of the molecule is CCCCCCCCN1C(=O)N(c2ccc(Cl)cc2)C(N(O)C(=O)Nc2ccc(Cl)cc2)C1(C)C. The topological polar surface area (TPSA) is 76.1 Å². The Bertz CT molecular complexity index is 999. The molecule has 1 heterocycles. The number of hydrogen-bond acceptors (Lipinski definition) is 3. The molecule has 7 nitrogen and oxygen atoms in total. The lowest BCUT2D eigenvalue weighted by atomic mass is 9.99. The maximum absolute atomic E-state index is 13.6. The van der Waals surface area contributed by atoms with Gasteiger partial charge in [-0.3, -0.25) is 10.1 Å². The highest BCUT2D eigenvalue weighted by Gasteiger charge is 2.55. The van der Waals surface area contributed by atoms with Gasteiger partial charge in [0.05, 0.1) is 5.54 Å². The minimum absolute atomic E-state index is 0.269. The van der Waals surface area contributed by atoms with E-state index < -0.39 is 17.7 Å². The van der Waals surface area contributed by atoms with Crippen molar-refractivity contribution >= 4 is 46.6 Å². The Kier molecular flexibility index (Phi) is 9.27. The van der Waals surface area contributed by atoms with Crippen LogP contribution in [0, 0.1) is 0 Å². The molecule has 0 radical (unpaired) electrons. The number of carbonyl (C=O) groups is 2. The van der Waals surface area contributed by atoms with Crippen LogP contribution in [-0.4, -0.2) is 45.5 Å². The first-order valence-corrected chi connectivity index (χ1v) is 12.8. The first-order valence-electron chi connectivity index (χ1n) is 12.1. The molecule has 0 aromatic heterocycles. The fourth-order valence-corrected chi connectivity index (χ4v) is 4.71. The third-order valence-electron chi connectivity index (χ3n) is 6.38. The van der Waals surface area contributed by atoms with E-state index in [-0.39, 0.29) is 6.03 Å². The zero-order valence-corrected chi connectivity index (χ0v) is 22.0. The van der Waals surface area contributed by atoms with E-state index in [1.54, 1.807) is 53.4 Å². The molecule has 2 aromatic rings. The summed E-state index contributed by atoms with van der Waals surface area (Å²) in [5, 5.41) is 15.4. The molecule has 0 aliphatic carbocycles. The quantitative estimate of drug-likeness (QED) is 0.192. The van der Waals surface area contributed by atoms with Crippen molar-refractivity contribution in [3.05, 3.63) is 58.6 Å². The Morgan fingerprint density at radius 2 is 1.51 bits per heavy atom. The molecule has 3 rings (SSSR count). The lowest BCUT2D eigenvalue weighted by Crippen LogP contribution is -2.58. The summed E-state index contributed by atoms with van der Waals surface area (Å²) in [5.41, 5.74) is 0.149. The number of unbranched alkanes of at least 4 members (excludes halogenated alkanes) is 5. The van der Waals surface area contributed by atoms with Gasteiger partial charge in [0.15, 0.2) is 6.17 Å². The second-order valence-electron chi connectivity index (χ2n) is 9.36. The molecule has 35 heavy (non-hydrogen) atoms. The number of hydrogen-bond donors (Lipinski definition) is 2. The van der Waals surface area contributed by atoms with Crippen LogP contribution < -0.4 is 10.2 Å². The lowest BCUT2D eigenvalue weighted by molar-refractivity contribution is -0.0949. The normalized spacial score (nSPS) is 17.1. The molecule has 1 saturated heterocycles. The van der Waals surface area contributed by atoms with Crippen LogP contribution in [0.4, 0.5) is 21.0 Å². The largest absolute Gasteiger partial charge is 0.347 e. The smallest absolute Gasteiger partial charge is 0.315 e. The Labute approximate surface area is 217 Å². The summed E-state index contributed by atoms with van der Waals surface area (Å²) < 4.78 is 0. The number of carbonyl (C=O) groups excluding carboxylic acids is 2. The Morgan fingerprint density at radius 3 is 2.11 bits per heavy atom. The van der Waals surface area contributed by atoms with Gasteiger partial charge in [-0.1, -0.05) is 62.2 Å². The van der Waals surface area contributed by atoms with Crippen LogP contribution in [0.1, 0.15) is 59.3 Å². The van der Waals surface area contributed by atoms with Gasteiger partial charge in [0.25, 0.3) is 0 Å². The van der Waals surface area contributed by atoms with Crippen molar-refractivity contribution in [1.29, 1.82) is 0 Å². The monoisotopic (exact) mass is 520 g/mol. The number of amides is 4. The zero-order chi connectivity index (χ0) is 25.6. The molecule has 1 atom stereocenters. The molecule has 9 heteroatoms. The number of hydroxylamine groups is 2. The van der Waals surface area contributed by atoms with Crippen LogP contribution in [0.15, 0.2) is 48.5 Å². The van der Waals surface area contributed by atoms with Gasteiger partial charge in [-0.25, -0.2) is 9.59 Å². The summed E-state index contributed by atoms with van der Waals surface area (Å²) in [6.45, 7) is 6.44. The predicted molar refractivity (Wildman–Crippen MR) is 141 cm³/mol. The van der Waals surface area contributed by atoms with Crippen LogP contribution in [0.2, 0.25) is 10.0 Å². The van der Waals surface area contributed by atoms with Gasteiger partial charge in [-0.15, -0.1) is 0 Å². The molecular formula is C26H34Cl2N4O3. The summed E-state index contributed by atoms with van der Waals surface area (Å²) in [4.78, 5) is 29.9. The minimum atomic E-state index is -0.969. The van der Waals surface area contributed by atoms with Gasteiger partial charge in [0.1, 0.15) is 0 Å². The molecule has 0 saturated carbocycles. The van der Waals surface area contributed by atoms with Crippen LogP contribution in [0.3, 0.4) is 0 Å². The zero-order valence-electron chi connectivity index (χ0n) is 20.5. The van der Waals surface area contributed by atoms with Gasteiger partial charge in [-0.05, 0) is 68.8 Å². The van der Waals surface area contributed by atoms with E-state index in [2.05, 4.69) is 12.2 Å². The molecule has 0 spiro atoms. The Morgan fingerprint density at radius 1 is 0.971 bits per heavy atom. The van der Waals surface area contributed by atoms with Crippen molar-refractivity contribution in [2.24, 2.45) is 0 Å². The van der Waals surface area contributed by atoms with Gasteiger partial charge >= 0.3 is 12.1 Å². The molecule has 2 N–H and O–H groups in total. The van der Waals surface area contributed by atoms with E-state index in [0.29, 0.717) is 33.0 Å². The highest BCUT2D eigenvalue weighted by atomic mass is 35.5. The van der Waals surface area contributed by atoms with Gasteiger partial charge in [-0.2, -0.15) is 5.06 Å². The fourth-order valence-electron chi connectivity index (χ4n) is 4.46. The van der Waals surface area contributed by atoms with Crippen molar-refractivity contribution in [1.82, 2.24) is 9.96 Å². The highest BCUT2D eigenvalue weighted by Crippen LogP contribution is 2.38. The van der Waals surface area contributed by atoms with Crippen molar-refractivity contribution in [3.63, 3.8) is 0 Å². The van der Waals surface area contributed by atoms with Crippen LogP contribution in [0.25, 0.3) is 0 Å². The summed E-state index contributed by atoms with van der Waals surface area (Å²) in [7, 11) is 0. The number of nitrogens with one attached hydrogen (secondary N) is 1. The average molecular weight is 521 g/mol. The van der Waals surface area contributed by atoms with Crippen LogP contribution >= 0.6 is 23.2 Å². The predicted octanol–water partition coefficient (Wildman–Crippen LogP) is 7.62. The fraction of sp³-hybridized carbons (Fsp3) is 0.462. The van der Waals surface area contributed by atoms with E-state index in [0.717, 1.165) is 19.3 Å². The Balaban J connectivity index is 1.84. The number of nitrogens with zero attached hydrogens (tertiary/aromatic N) is 3. The molecule has 0 bridgehead atoms. The summed E-state index contributed by atoms with van der Waals surface area (Å²) >= 11 is 12.0. The molecular weight excluding hydrogens is 487 g/mol. The van der Waals surface area contributed by atoms with Crippen molar-refractivity contribution in [2.45, 2.75) is 71.0 Å². The number of rotatable bonds is 10. The second kappa shape index (κ2) is 12.0. The molecule has 1 aliphatic heterocycles. The van der Waals surface area contributed by atoms with Gasteiger partial charge in [0, 0.05) is 28.0 Å². The van der Waals surface area contributed by atoms with Crippen LogP contribution in [-0.2, 0) is 0 Å². The third kappa shape index (κ3) is 6.40. The van der Waals surface area contributed by atoms with Crippen molar-refractivity contribution in [3.8, 4) is 0 Å². The molecule has 1 fully saturated rings. The van der Waals surface area contributed by atoms with E-state index in [1.807, 2.05) is 13.8 Å². The van der Waals surface area contributed by atoms with Gasteiger partial charge < -0.3 is 10.2 Å². The summed E-state index contributed by atoms with van der Waals surface area (Å²) in [6, 6.07) is 12.3. The molecule has 2 aromatic carbocycles. The molecule has 190 valence electrons. The summed E-state index contributed by atoms with van der Waals surface area (Å²) in [6.07, 6.45) is 5.60. The van der Waals surface area contributed by atoms with E-state index in [4.69, 9.17) is 23.2 Å². The number of anilines is 2. The number of urea groups is 2. The second-order valence-corrected chi connectivity index (χ2v) is 10.2. The maximum Gasteiger partial charge on any atom is 0.347 e. The van der Waals surface area contributed by atoms with E-state index >= 15 is 0 Å². The minimum Gasteiger partial charge on any atom is -0.315 e. The van der Waals surface area contributed by atoms with Crippen LogP contribution in [0.5, 0.6) is 0 Å². The maximum atomic E-state index is 13.6. The first kappa shape index (κ1) is 27.1. The van der Waals surface area contributed by atoms with Gasteiger partial charge in [0.2, 0.25) is 0 Å². The van der Waals surface area contributed by atoms with E-state index in [9.17, 15) is 14.8 Å². The third-order valence-corrected chi connectivity index (χ3v) is 6.89. The summed E-state index contributed by atoms with van der Waals surface area (Å²) in [5.74, 6) is 0. The standard InChI is InChI=1S/C26H34Cl2N4O3/c1-4-5-6-7-8-9-18-30-25(34)31(22-16-12-20(28)13-17-22)23(26(30,2)3)32(35)24(33)29-21-14-10-19(27)11-15-21/h10-17,23,35H,4-9,18H2,1-3H3,(H,29,33).